The molecule has 0 unspecified atom stereocenters. The Morgan fingerprint density at radius 2 is 2.11 bits per heavy atom. The van der Waals surface area contributed by atoms with Crippen LogP contribution in [-0.2, 0) is 0 Å². The second-order valence-electron chi connectivity index (χ2n) is 3.58. The minimum Gasteiger partial charge on any atom is -0.375 e. The largest absolute Gasteiger partial charge is 0.375 e. The highest BCUT2D eigenvalue weighted by Crippen LogP contribution is 2.23. The van der Waals surface area contributed by atoms with Gasteiger partial charge in [0.15, 0.2) is 5.11 Å². The first-order valence-electron chi connectivity index (χ1n) is 5.28. The van der Waals surface area contributed by atoms with Crippen LogP contribution in [0.25, 0.3) is 10.6 Å². The fourth-order valence-electron chi connectivity index (χ4n) is 1.35. The van der Waals surface area contributed by atoms with Crippen molar-refractivity contribution in [3.63, 3.8) is 0 Å². The molecule has 6 heteroatoms. The van der Waals surface area contributed by atoms with Crippen LogP contribution in [-0.4, -0.2) is 15.8 Å². The third-order valence-electron chi connectivity index (χ3n) is 2.23. The van der Waals surface area contributed by atoms with Crippen molar-refractivity contribution in [1.82, 2.24) is 10.4 Å². The average Bonchev–Trinajstić information content (AvgIpc) is 2.86. The van der Waals surface area contributed by atoms with Crippen LogP contribution < -0.4 is 11.2 Å². The number of hydrazone groups is 1. The van der Waals surface area contributed by atoms with Crippen LogP contribution in [0, 0.1) is 0 Å². The van der Waals surface area contributed by atoms with Crippen molar-refractivity contribution in [2.45, 2.75) is 6.92 Å². The number of thiocarbonyl (C=S) groups is 1. The maximum Gasteiger partial charge on any atom is 0.184 e. The Kier molecular flexibility index (Phi) is 4.01. The predicted octanol–water partition coefficient (Wildman–Crippen LogP) is 2.37. The summed E-state index contributed by atoms with van der Waals surface area (Å²) in [7, 11) is 0. The molecule has 0 bridgehead atoms. The molecule has 92 valence electrons. The molecule has 0 amide bonds. The monoisotopic (exact) mass is 276 g/mol. The first-order chi connectivity index (χ1) is 8.66. The summed E-state index contributed by atoms with van der Waals surface area (Å²) in [6, 6.07) is 10.0. The van der Waals surface area contributed by atoms with Crippen molar-refractivity contribution in [3.05, 3.63) is 41.4 Å². The van der Waals surface area contributed by atoms with Gasteiger partial charge in [-0.1, -0.05) is 30.3 Å². The summed E-state index contributed by atoms with van der Waals surface area (Å²) in [5.74, 6) is 0. The molecule has 0 atom stereocenters. The third-order valence-corrected chi connectivity index (χ3v) is 3.21. The Labute approximate surface area is 115 Å². The van der Waals surface area contributed by atoms with E-state index in [2.05, 4.69) is 27.7 Å². The van der Waals surface area contributed by atoms with Crippen molar-refractivity contribution < 1.29 is 0 Å². The van der Waals surface area contributed by atoms with Gasteiger partial charge in [0.25, 0.3) is 0 Å². The molecule has 0 radical (unpaired) electrons. The molecular weight excluding hydrogens is 264 g/mol. The first kappa shape index (κ1) is 12.7. The van der Waals surface area contributed by atoms with Gasteiger partial charge in [-0.3, -0.25) is 5.43 Å². The Balaban J connectivity index is 2.21. The maximum atomic E-state index is 5.31. The van der Waals surface area contributed by atoms with Gasteiger partial charge in [-0.25, -0.2) is 4.98 Å². The van der Waals surface area contributed by atoms with Crippen molar-refractivity contribution in [2.24, 2.45) is 10.8 Å². The summed E-state index contributed by atoms with van der Waals surface area (Å²) in [5.41, 5.74) is 10.5. The van der Waals surface area contributed by atoms with Crippen molar-refractivity contribution in [2.75, 3.05) is 0 Å². The average molecular weight is 276 g/mol. The molecule has 4 nitrogen and oxygen atoms in total. The van der Waals surface area contributed by atoms with E-state index in [0.29, 0.717) is 0 Å². The summed E-state index contributed by atoms with van der Waals surface area (Å²) in [6.07, 6.45) is 0. The summed E-state index contributed by atoms with van der Waals surface area (Å²) < 4.78 is 0. The van der Waals surface area contributed by atoms with Gasteiger partial charge in [-0.2, -0.15) is 5.10 Å². The molecule has 2 aromatic rings. The van der Waals surface area contributed by atoms with Gasteiger partial charge in [-0.05, 0) is 19.1 Å². The predicted molar refractivity (Wildman–Crippen MR) is 79.7 cm³/mol. The Morgan fingerprint density at radius 1 is 1.39 bits per heavy atom. The Bertz CT molecular complexity index is 575. The molecule has 1 heterocycles. The summed E-state index contributed by atoms with van der Waals surface area (Å²) >= 11 is 6.27. The Hall–Kier alpha value is -1.79. The molecule has 0 aliphatic carbocycles. The quantitative estimate of drug-likeness (QED) is 0.513. The highest BCUT2D eigenvalue weighted by molar-refractivity contribution is 7.80. The maximum absolute atomic E-state index is 5.31. The minimum absolute atomic E-state index is 0.146. The van der Waals surface area contributed by atoms with Crippen LogP contribution in [0.5, 0.6) is 0 Å². The molecule has 1 aromatic heterocycles. The second kappa shape index (κ2) is 5.70. The highest BCUT2D eigenvalue weighted by atomic mass is 32.1. The molecule has 2 rings (SSSR count). The first-order valence-corrected chi connectivity index (χ1v) is 6.56. The standard InChI is InChI=1S/C12H12N4S2/c1-8(15-16-12(13)17)10-7-18-11(14-10)9-5-3-2-4-6-9/h2-7H,1H3,(H3,13,16,17)/b15-8-. The number of benzene rings is 1. The van der Waals surface area contributed by atoms with Gasteiger partial charge < -0.3 is 5.73 Å². The number of hydrogen-bond donors (Lipinski definition) is 2. The molecule has 0 saturated heterocycles. The van der Waals surface area contributed by atoms with E-state index in [9.17, 15) is 0 Å². The van der Waals surface area contributed by atoms with Crippen LogP contribution in [0.4, 0.5) is 0 Å². The SMILES string of the molecule is C/C(=N/NC(N)=S)c1csc(-c2ccccc2)n1. The smallest absolute Gasteiger partial charge is 0.184 e. The fraction of sp³-hybridized carbons (Fsp3) is 0.0833. The number of rotatable bonds is 3. The zero-order chi connectivity index (χ0) is 13.0. The lowest BCUT2D eigenvalue weighted by Gasteiger charge is -1.98. The van der Waals surface area contributed by atoms with Gasteiger partial charge in [0.05, 0.1) is 11.4 Å². The van der Waals surface area contributed by atoms with Crippen LogP contribution in [0.3, 0.4) is 0 Å². The molecule has 0 aliphatic rings. The van der Waals surface area contributed by atoms with E-state index < -0.39 is 0 Å². The van der Waals surface area contributed by atoms with Crippen LogP contribution in [0.15, 0.2) is 40.8 Å². The topological polar surface area (TPSA) is 63.3 Å². The lowest BCUT2D eigenvalue weighted by Crippen LogP contribution is -2.25. The Morgan fingerprint density at radius 3 is 2.78 bits per heavy atom. The molecule has 0 aliphatic heterocycles. The third kappa shape index (κ3) is 3.12. The zero-order valence-electron chi connectivity index (χ0n) is 9.75. The van der Waals surface area contributed by atoms with E-state index in [1.54, 1.807) is 11.3 Å². The van der Waals surface area contributed by atoms with Crippen LogP contribution in [0.2, 0.25) is 0 Å². The summed E-state index contributed by atoms with van der Waals surface area (Å²) in [5, 5.41) is 7.12. The minimum atomic E-state index is 0.146. The molecular formula is C12H12N4S2. The van der Waals surface area contributed by atoms with E-state index in [1.165, 1.54) is 0 Å². The summed E-state index contributed by atoms with van der Waals surface area (Å²) in [4.78, 5) is 4.52. The van der Waals surface area contributed by atoms with E-state index >= 15 is 0 Å². The molecule has 0 spiro atoms. The lowest BCUT2D eigenvalue weighted by molar-refractivity contribution is 1.03. The zero-order valence-corrected chi connectivity index (χ0v) is 11.4. The van der Waals surface area contributed by atoms with E-state index in [-0.39, 0.29) is 5.11 Å². The van der Waals surface area contributed by atoms with Gasteiger partial charge >= 0.3 is 0 Å². The number of aromatic nitrogens is 1. The highest BCUT2D eigenvalue weighted by Gasteiger charge is 2.06. The van der Waals surface area contributed by atoms with Crippen molar-refractivity contribution >= 4 is 34.4 Å². The van der Waals surface area contributed by atoms with Gasteiger partial charge in [0.2, 0.25) is 0 Å². The number of nitrogens with one attached hydrogen (secondary N) is 1. The summed E-state index contributed by atoms with van der Waals surface area (Å²) in [6.45, 7) is 1.86. The van der Waals surface area contributed by atoms with E-state index in [0.717, 1.165) is 22.0 Å². The molecule has 1 aromatic carbocycles. The molecule has 0 fully saturated rings. The van der Waals surface area contributed by atoms with Crippen molar-refractivity contribution in [1.29, 1.82) is 0 Å². The van der Waals surface area contributed by atoms with Crippen LogP contribution >= 0.6 is 23.6 Å². The van der Waals surface area contributed by atoms with Gasteiger partial charge in [-0.15, -0.1) is 11.3 Å². The van der Waals surface area contributed by atoms with Crippen molar-refractivity contribution in [3.8, 4) is 10.6 Å². The molecule has 0 saturated carbocycles. The second-order valence-corrected chi connectivity index (χ2v) is 4.88. The number of nitrogens with two attached hydrogens (primary N) is 1. The number of nitrogens with zero attached hydrogens (tertiary/aromatic N) is 2. The van der Waals surface area contributed by atoms with Gasteiger partial charge in [0.1, 0.15) is 5.01 Å². The normalized spacial score (nSPS) is 11.3. The number of hydrogen-bond acceptors (Lipinski definition) is 4. The number of thiazole rings is 1. The lowest BCUT2D eigenvalue weighted by atomic mass is 10.2. The van der Waals surface area contributed by atoms with E-state index in [1.807, 2.05) is 42.6 Å². The molecule has 18 heavy (non-hydrogen) atoms. The van der Waals surface area contributed by atoms with Gasteiger partial charge in [0, 0.05) is 10.9 Å². The fourth-order valence-corrected chi connectivity index (χ4v) is 2.26. The molecule has 3 N–H and O–H groups in total. The van der Waals surface area contributed by atoms with E-state index in [4.69, 9.17) is 5.73 Å². The van der Waals surface area contributed by atoms with Crippen LogP contribution in [0.1, 0.15) is 12.6 Å².